The lowest BCUT2D eigenvalue weighted by Gasteiger charge is -2.06. The van der Waals surface area contributed by atoms with Gasteiger partial charge in [0, 0.05) is 6.07 Å². The summed E-state index contributed by atoms with van der Waals surface area (Å²) in [6, 6.07) is 5.38. The largest absolute Gasteiger partial charge is 0.438 e. The Balaban J connectivity index is 2.33. The Labute approximate surface area is 90.7 Å². The number of nitrogens with one attached hydrogen (secondary N) is 1. The Morgan fingerprint density at radius 1 is 1.38 bits per heavy atom. The van der Waals surface area contributed by atoms with Gasteiger partial charge in [-0.05, 0) is 18.6 Å². The van der Waals surface area contributed by atoms with Gasteiger partial charge in [0.25, 0.3) is 5.56 Å². The topological polar surface area (TPSA) is 55.0 Å². The molecule has 1 heterocycles. The zero-order chi connectivity index (χ0) is 11.5. The zero-order valence-corrected chi connectivity index (χ0v) is 8.53. The highest BCUT2D eigenvalue weighted by Crippen LogP contribution is 2.23. The second kappa shape index (κ2) is 4.14. The van der Waals surface area contributed by atoms with E-state index in [4.69, 9.17) is 4.74 Å². The van der Waals surface area contributed by atoms with E-state index in [9.17, 15) is 9.18 Å². The average Bonchev–Trinajstić information content (AvgIpc) is 2.24. The molecule has 1 N–H and O–H groups in total. The smallest absolute Gasteiger partial charge is 0.254 e. The minimum Gasteiger partial charge on any atom is -0.438 e. The van der Waals surface area contributed by atoms with E-state index < -0.39 is 5.82 Å². The van der Waals surface area contributed by atoms with Crippen molar-refractivity contribution < 1.29 is 9.13 Å². The van der Waals surface area contributed by atoms with E-state index in [1.807, 2.05) is 0 Å². The van der Waals surface area contributed by atoms with Crippen LogP contribution in [0.5, 0.6) is 11.6 Å². The highest BCUT2D eigenvalue weighted by molar-refractivity contribution is 5.35. The third-order valence-electron chi connectivity index (χ3n) is 2.02. The van der Waals surface area contributed by atoms with Crippen molar-refractivity contribution in [3.63, 3.8) is 0 Å². The van der Waals surface area contributed by atoms with Crippen LogP contribution in [0.3, 0.4) is 0 Å². The predicted octanol–water partition coefficient (Wildman–Crippen LogP) is 2.01. The van der Waals surface area contributed by atoms with Gasteiger partial charge >= 0.3 is 0 Å². The molecule has 0 radical (unpaired) electrons. The molecule has 1 aromatic heterocycles. The highest BCUT2D eigenvalue weighted by Gasteiger charge is 2.04. The maximum atomic E-state index is 13.0. The van der Waals surface area contributed by atoms with Crippen LogP contribution in [0.1, 0.15) is 5.56 Å². The van der Waals surface area contributed by atoms with Crippen molar-refractivity contribution in [2.24, 2.45) is 0 Å². The molecule has 0 aliphatic heterocycles. The maximum Gasteiger partial charge on any atom is 0.254 e. The van der Waals surface area contributed by atoms with E-state index in [1.54, 1.807) is 13.0 Å². The molecule has 1 aromatic carbocycles. The van der Waals surface area contributed by atoms with Crippen molar-refractivity contribution in [3.05, 3.63) is 52.3 Å². The van der Waals surface area contributed by atoms with E-state index in [1.165, 1.54) is 24.5 Å². The van der Waals surface area contributed by atoms with Crippen LogP contribution >= 0.6 is 0 Å². The van der Waals surface area contributed by atoms with Gasteiger partial charge in [0.05, 0.1) is 12.4 Å². The molecule has 0 fully saturated rings. The molecular weight excluding hydrogens is 211 g/mol. The molecule has 2 aromatic rings. The fourth-order valence-electron chi connectivity index (χ4n) is 1.20. The number of benzene rings is 1. The first kappa shape index (κ1) is 10.4. The predicted molar refractivity (Wildman–Crippen MR) is 56.1 cm³/mol. The number of aromatic nitrogens is 2. The summed E-state index contributed by atoms with van der Waals surface area (Å²) in [7, 11) is 0. The average molecular weight is 220 g/mol. The van der Waals surface area contributed by atoms with Gasteiger partial charge in [-0.2, -0.15) is 0 Å². The summed E-state index contributed by atoms with van der Waals surface area (Å²) in [5.74, 6) is 0.0843. The Morgan fingerprint density at radius 2 is 2.19 bits per heavy atom. The van der Waals surface area contributed by atoms with Gasteiger partial charge in [0.2, 0.25) is 5.88 Å². The van der Waals surface area contributed by atoms with Crippen LogP contribution in [0.2, 0.25) is 0 Å². The number of aromatic amines is 1. The molecule has 0 atom stereocenters. The van der Waals surface area contributed by atoms with E-state index >= 15 is 0 Å². The second-order valence-corrected chi connectivity index (χ2v) is 3.26. The molecular formula is C11H9FN2O2. The molecule has 0 amide bonds. The Hall–Kier alpha value is -2.17. The Bertz CT molecular complexity index is 566. The number of nitrogens with zero attached hydrogens (tertiary/aromatic N) is 1. The van der Waals surface area contributed by atoms with E-state index in [0.717, 1.165) is 5.56 Å². The monoisotopic (exact) mass is 220 g/mol. The second-order valence-electron chi connectivity index (χ2n) is 3.26. The summed E-state index contributed by atoms with van der Waals surface area (Å²) in [4.78, 5) is 17.2. The van der Waals surface area contributed by atoms with Gasteiger partial charge in [-0.25, -0.2) is 9.37 Å². The van der Waals surface area contributed by atoms with Gasteiger partial charge in [-0.1, -0.05) is 6.07 Å². The number of hydrogen-bond donors (Lipinski definition) is 1. The molecule has 0 saturated carbocycles. The number of ether oxygens (including phenoxy) is 1. The van der Waals surface area contributed by atoms with Gasteiger partial charge in [0.15, 0.2) is 0 Å². The third-order valence-corrected chi connectivity index (χ3v) is 2.02. The molecule has 0 bridgehead atoms. The van der Waals surface area contributed by atoms with Crippen molar-refractivity contribution in [1.29, 1.82) is 0 Å². The van der Waals surface area contributed by atoms with Crippen LogP contribution in [0.25, 0.3) is 0 Å². The number of aryl methyl sites for hydroxylation is 1. The number of halogens is 1. The van der Waals surface area contributed by atoms with Crippen molar-refractivity contribution in [2.75, 3.05) is 0 Å². The maximum absolute atomic E-state index is 13.0. The van der Waals surface area contributed by atoms with Crippen LogP contribution in [0.4, 0.5) is 4.39 Å². The van der Waals surface area contributed by atoms with Crippen LogP contribution in [0.15, 0.2) is 35.4 Å². The molecule has 82 valence electrons. The number of rotatable bonds is 2. The van der Waals surface area contributed by atoms with E-state index in [-0.39, 0.29) is 11.4 Å². The highest BCUT2D eigenvalue weighted by atomic mass is 19.1. The first-order valence-corrected chi connectivity index (χ1v) is 4.64. The number of H-pyrrole nitrogens is 1. The minimum absolute atomic E-state index is 0.137. The summed E-state index contributed by atoms with van der Waals surface area (Å²) in [5.41, 5.74) is 0.447. The standard InChI is InChI=1S/C11H9FN2O2/c1-7-2-3-8(12)4-9(7)16-11-5-10(15)13-6-14-11/h2-6H,1H3,(H,13,14,15). The van der Waals surface area contributed by atoms with Gasteiger partial charge in [0.1, 0.15) is 11.6 Å². The molecule has 0 spiro atoms. The summed E-state index contributed by atoms with van der Waals surface area (Å²) in [5, 5.41) is 0. The summed E-state index contributed by atoms with van der Waals surface area (Å²) in [6.45, 7) is 1.78. The molecule has 2 rings (SSSR count). The van der Waals surface area contributed by atoms with Crippen LogP contribution < -0.4 is 10.3 Å². The summed E-state index contributed by atoms with van der Waals surface area (Å²) in [6.07, 6.45) is 1.23. The van der Waals surface area contributed by atoms with Crippen molar-refractivity contribution >= 4 is 0 Å². The zero-order valence-electron chi connectivity index (χ0n) is 8.53. The van der Waals surface area contributed by atoms with Gasteiger partial charge < -0.3 is 9.72 Å². The molecule has 5 heteroatoms. The first-order valence-electron chi connectivity index (χ1n) is 4.64. The van der Waals surface area contributed by atoms with Gasteiger partial charge in [-0.15, -0.1) is 0 Å². The Morgan fingerprint density at radius 3 is 2.94 bits per heavy atom. The van der Waals surface area contributed by atoms with Gasteiger partial charge in [-0.3, -0.25) is 4.79 Å². The summed E-state index contributed by atoms with van der Waals surface area (Å²) >= 11 is 0. The summed E-state index contributed by atoms with van der Waals surface area (Å²) < 4.78 is 18.3. The van der Waals surface area contributed by atoms with E-state index in [2.05, 4.69) is 9.97 Å². The van der Waals surface area contributed by atoms with Crippen LogP contribution in [0, 0.1) is 12.7 Å². The SMILES string of the molecule is Cc1ccc(F)cc1Oc1cc(=O)[nH]cn1. The van der Waals surface area contributed by atoms with E-state index in [0.29, 0.717) is 5.75 Å². The molecule has 0 aliphatic carbocycles. The van der Waals surface area contributed by atoms with Crippen LogP contribution in [-0.4, -0.2) is 9.97 Å². The molecule has 0 saturated heterocycles. The quantitative estimate of drug-likeness (QED) is 0.842. The fraction of sp³-hybridized carbons (Fsp3) is 0.0909. The first-order chi connectivity index (χ1) is 7.65. The molecule has 16 heavy (non-hydrogen) atoms. The fourth-order valence-corrected chi connectivity index (χ4v) is 1.20. The minimum atomic E-state index is -0.398. The Kier molecular flexibility index (Phi) is 2.68. The molecule has 0 unspecified atom stereocenters. The lowest BCUT2D eigenvalue weighted by molar-refractivity contribution is 0.452. The van der Waals surface area contributed by atoms with Crippen molar-refractivity contribution in [1.82, 2.24) is 9.97 Å². The van der Waals surface area contributed by atoms with Crippen molar-refractivity contribution in [2.45, 2.75) is 6.92 Å². The lowest BCUT2D eigenvalue weighted by atomic mass is 10.2. The lowest BCUT2D eigenvalue weighted by Crippen LogP contribution is -2.04. The normalized spacial score (nSPS) is 10.1. The number of hydrogen-bond acceptors (Lipinski definition) is 3. The van der Waals surface area contributed by atoms with Crippen molar-refractivity contribution in [3.8, 4) is 11.6 Å². The third kappa shape index (κ3) is 2.25. The molecule has 0 aliphatic rings. The molecule has 4 nitrogen and oxygen atoms in total. The van der Waals surface area contributed by atoms with Crippen LogP contribution in [-0.2, 0) is 0 Å².